The number of nitrogens with zero attached hydrogens (tertiary/aromatic N) is 2. The summed E-state index contributed by atoms with van der Waals surface area (Å²) in [6, 6.07) is 3.43. The van der Waals surface area contributed by atoms with Crippen molar-refractivity contribution in [2.45, 2.75) is 18.4 Å². The maximum atomic E-state index is 10.7. The molecule has 0 aliphatic carbocycles. The molecule has 4 heteroatoms. The average molecular weight is 156 g/mol. The fraction of sp³-hybridized carbons (Fsp3) is 0.333. The van der Waals surface area contributed by atoms with E-state index in [1.54, 1.807) is 12.1 Å². The van der Waals surface area contributed by atoms with E-state index in [1.807, 2.05) is 6.92 Å². The first-order valence-electron chi connectivity index (χ1n) is 3.02. The number of rotatable bonds is 1. The number of hydrogen-bond donors (Lipinski definition) is 1. The molecule has 0 unspecified atom stereocenters. The lowest BCUT2D eigenvalue weighted by molar-refractivity contribution is -0.706. The quantitative estimate of drug-likeness (QED) is 0.367. The van der Waals surface area contributed by atoms with Crippen molar-refractivity contribution in [1.29, 1.82) is 0 Å². The van der Waals surface area contributed by atoms with E-state index in [2.05, 4.69) is 17.7 Å². The van der Waals surface area contributed by atoms with Crippen molar-refractivity contribution in [2.75, 3.05) is 0 Å². The van der Waals surface area contributed by atoms with Gasteiger partial charge in [-0.2, -0.15) is 0 Å². The van der Waals surface area contributed by atoms with Crippen LogP contribution in [0.15, 0.2) is 17.2 Å². The molecule has 0 amide bonds. The average Bonchev–Trinajstić information content (AvgIpc) is 1.95. The molecule has 0 aliphatic rings. The molecule has 0 radical (unpaired) electrons. The fourth-order valence-electron chi connectivity index (χ4n) is 0.624. The molecule has 0 atom stereocenters. The molecule has 0 aromatic carbocycles. The van der Waals surface area contributed by atoms with Gasteiger partial charge >= 0.3 is 0 Å². The molecule has 0 bridgehead atoms. The van der Waals surface area contributed by atoms with Gasteiger partial charge in [-0.25, -0.2) is 0 Å². The van der Waals surface area contributed by atoms with Crippen molar-refractivity contribution in [3.63, 3.8) is 0 Å². The number of aromatic nitrogens is 2. The van der Waals surface area contributed by atoms with Crippen molar-refractivity contribution < 1.29 is 4.85 Å². The predicted molar refractivity (Wildman–Crippen MR) is 39.8 cm³/mol. The van der Waals surface area contributed by atoms with Gasteiger partial charge in [-0.1, -0.05) is 19.6 Å². The minimum atomic E-state index is 0.331. The van der Waals surface area contributed by atoms with Crippen LogP contribution in [0.2, 0.25) is 0 Å². The third kappa shape index (κ3) is 1.39. The van der Waals surface area contributed by atoms with E-state index in [0.717, 1.165) is 12.1 Å². The lowest BCUT2D eigenvalue weighted by Crippen LogP contribution is -2.33. The summed E-state index contributed by atoms with van der Waals surface area (Å²) in [5.74, 6) is 0. The molecular weight excluding hydrogens is 148 g/mol. The van der Waals surface area contributed by atoms with Crippen molar-refractivity contribution >= 4 is 12.6 Å². The second kappa shape index (κ2) is 2.88. The molecule has 0 fully saturated rings. The highest BCUT2D eigenvalue weighted by Gasteiger charge is 2.00. The summed E-state index contributed by atoms with van der Waals surface area (Å²) in [4.78, 5) is 0.516. The Morgan fingerprint density at radius 3 is 2.90 bits per heavy atom. The van der Waals surface area contributed by atoms with Gasteiger partial charge in [-0.3, -0.25) is 0 Å². The molecular formula is C6H8N2OS. The second-order valence-electron chi connectivity index (χ2n) is 1.91. The minimum Gasteiger partial charge on any atom is -0.593 e. The number of hydrogen-bond acceptors (Lipinski definition) is 3. The van der Waals surface area contributed by atoms with Crippen LogP contribution >= 0.6 is 12.6 Å². The van der Waals surface area contributed by atoms with Gasteiger partial charge in [-0.15, -0.1) is 0 Å². The first kappa shape index (κ1) is 7.34. The third-order valence-electron chi connectivity index (χ3n) is 1.20. The summed E-state index contributed by atoms with van der Waals surface area (Å²) in [5, 5.41) is 14.7. The molecule has 3 nitrogen and oxygen atoms in total. The van der Waals surface area contributed by atoms with Crippen LogP contribution in [0.3, 0.4) is 0 Å². The zero-order chi connectivity index (χ0) is 7.56. The summed E-state index contributed by atoms with van der Waals surface area (Å²) in [6.07, 6.45) is 0.774. The van der Waals surface area contributed by atoms with Crippen molar-refractivity contribution in [3.05, 3.63) is 23.0 Å². The van der Waals surface area contributed by atoms with Gasteiger partial charge in [0.05, 0.1) is 0 Å². The van der Waals surface area contributed by atoms with Crippen molar-refractivity contribution in [2.24, 2.45) is 0 Å². The number of aryl methyl sites for hydroxylation is 1. The SMILES string of the molecule is CCc1ccc(S)[n+]([O-])n1. The van der Waals surface area contributed by atoms with Gasteiger partial charge in [-0.05, 0) is 17.3 Å². The molecule has 0 aliphatic heterocycles. The predicted octanol–water partition coefficient (Wildman–Crippen LogP) is 0.566. The van der Waals surface area contributed by atoms with Crippen LogP contribution in [0.4, 0.5) is 0 Å². The second-order valence-corrected chi connectivity index (χ2v) is 2.37. The van der Waals surface area contributed by atoms with Crippen molar-refractivity contribution in [1.82, 2.24) is 5.10 Å². The van der Waals surface area contributed by atoms with Crippen LogP contribution in [0.1, 0.15) is 12.6 Å². The van der Waals surface area contributed by atoms with Gasteiger partial charge < -0.3 is 5.21 Å². The van der Waals surface area contributed by atoms with Gasteiger partial charge in [0.15, 0.2) is 0 Å². The lowest BCUT2D eigenvalue weighted by Gasteiger charge is -1.96. The Morgan fingerprint density at radius 1 is 1.70 bits per heavy atom. The normalized spacial score (nSPS) is 9.80. The lowest BCUT2D eigenvalue weighted by atomic mass is 10.3. The molecule has 0 saturated heterocycles. The Kier molecular flexibility index (Phi) is 2.11. The zero-order valence-electron chi connectivity index (χ0n) is 5.61. The molecule has 0 N–H and O–H groups in total. The molecule has 0 saturated carbocycles. The monoisotopic (exact) mass is 156 g/mol. The Hall–Kier alpha value is -0.770. The first-order valence-corrected chi connectivity index (χ1v) is 3.47. The highest BCUT2D eigenvalue weighted by molar-refractivity contribution is 7.80. The summed E-state index contributed by atoms with van der Waals surface area (Å²) < 4.78 is 0. The first-order chi connectivity index (χ1) is 4.74. The topological polar surface area (TPSA) is 39.8 Å². The smallest absolute Gasteiger partial charge is 0.275 e. The maximum absolute atomic E-state index is 10.7. The summed E-state index contributed by atoms with van der Waals surface area (Å²) in [7, 11) is 0. The van der Waals surface area contributed by atoms with E-state index in [0.29, 0.717) is 9.87 Å². The summed E-state index contributed by atoms with van der Waals surface area (Å²) in [5.41, 5.74) is 0.785. The minimum absolute atomic E-state index is 0.331. The van der Waals surface area contributed by atoms with Crippen LogP contribution in [0, 0.1) is 5.21 Å². The van der Waals surface area contributed by atoms with Crippen LogP contribution in [-0.4, -0.2) is 5.10 Å². The van der Waals surface area contributed by atoms with E-state index in [9.17, 15) is 5.21 Å². The molecule has 1 aromatic heterocycles. The van der Waals surface area contributed by atoms with Gasteiger partial charge in [0.1, 0.15) is 5.69 Å². The van der Waals surface area contributed by atoms with Crippen molar-refractivity contribution in [3.8, 4) is 0 Å². The fourth-order valence-corrected chi connectivity index (χ4v) is 0.744. The molecule has 54 valence electrons. The van der Waals surface area contributed by atoms with E-state index in [-0.39, 0.29) is 0 Å². The number of thiol groups is 1. The molecule has 1 heterocycles. The van der Waals surface area contributed by atoms with E-state index in [1.165, 1.54) is 0 Å². The maximum Gasteiger partial charge on any atom is 0.275 e. The largest absolute Gasteiger partial charge is 0.593 e. The van der Waals surface area contributed by atoms with Gasteiger partial charge in [0.2, 0.25) is 0 Å². The Labute approximate surface area is 64.7 Å². The summed E-state index contributed by atoms with van der Waals surface area (Å²) in [6.45, 7) is 1.94. The van der Waals surface area contributed by atoms with Gasteiger partial charge in [0.25, 0.3) is 5.03 Å². The molecule has 1 aromatic rings. The molecule has 0 spiro atoms. The van der Waals surface area contributed by atoms with Crippen LogP contribution in [0.25, 0.3) is 0 Å². The van der Waals surface area contributed by atoms with Crippen LogP contribution < -0.4 is 4.85 Å². The Balaban J connectivity index is 3.04. The zero-order valence-corrected chi connectivity index (χ0v) is 6.51. The third-order valence-corrected chi connectivity index (χ3v) is 1.52. The highest BCUT2D eigenvalue weighted by atomic mass is 32.1. The van der Waals surface area contributed by atoms with E-state index < -0.39 is 0 Å². The Bertz CT molecular complexity index is 239. The highest BCUT2D eigenvalue weighted by Crippen LogP contribution is 1.97. The van der Waals surface area contributed by atoms with Crippen LogP contribution in [0.5, 0.6) is 0 Å². The van der Waals surface area contributed by atoms with Crippen LogP contribution in [-0.2, 0) is 6.42 Å². The standard InChI is InChI=1S/C6H8N2OS/c1-2-5-3-4-6(10)8(9)7-5/h3-4,10H,2H2,1H3. The summed E-state index contributed by atoms with van der Waals surface area (Å²) >= 11 is 3.87. The Morgan fingerprint density at radius 2 is 2.40 bits per heavy atom. The van der Waals surface area contributed by atoms with Gasteiger partial charge in [0, 0.05) is 11.2 Å². The van der Waals surface area contributed by atoms with E-state index >= 15 is 0 Å². The molecule has 10 heavy (non-hydrogen) atoms. The molecule has 1 rings (SSSR count). The van der Waals surface area contributed by atoms with E-state index in [4.69, 9.17) is 0 Å².